The fraction of sp³-hybridized carbons (Fsp3) is 0.250. The van der Waals surface area contributed by atoms with E-state index in [0.717, 1.165) is 11.1 Å². The first-order chi connectivity index (χ1) is 13.7. The van der Waals surface area contributed by atoms with Gasteiger partial charge in [-0.05, 0) is 17.7 Å². The highest BCUT2D eigenvalue weighted by molar-refractivity contribution is 6.30. The Kier molecular flexibility index (Phi) is 7.00. The van der Waals surface area contributed by atoms with Crippen molar-refractivity contribution in [3.63, 3.8) is 0 Å². The summed E-state index contributed by atoms with van der Waals surface area (Å²) in [6, 6.07) is 17.1. The normalized spacial score (nSPS) is 12.6. The van der Waals surface area contributed by atoms with Crippen LogP contribution in [0.2, 0.25) is 5.02 Å². The molecule has 1 heterocycles. The van der Waals surface area contributed by atoms with Crippen molar-refractivity contribution in [2.24, 2.45) is 4.99 Å². The summed E-state index contributed by atoms with van der Waals surface area (Å²) in [4.78, 5) is 8.55. The molecule has 1 atom stereocenters. The Labute approximate surface area is 168 Å². The first kappa shape index (κ1) is 19.9. The number of hydrogen-bond acceptors (Lipinski definition) is 5. The molecule has 1 unspecified atom stereocenters. The number of guanidine groups is 1. The molecule has 0 aliphatic heterocycles. The molecule has 8 heteroatoms. The summed E-state index contributed by atoms with van der Waals surface area (Å²) >= 11 is 6.00. The lowest BCUT2D eigenvalue weighted by molar-refractivity contribution is 0.265. The van der Waals surface area contributed by atoms with E-state index >= 15 is 0 Å². The maximum atomic E-state index is 9.66. The molecule has 0 spiro atoms. The second kappa shape index (κ2) is 9.87. The first-order valence-electron chi connectivity index (χ1n) is 8.88. The van der Waals surface area contributed by atoms with Gasteiger partial charge in [0.2, 0.25) is 11.7 Å². The summed E-state index contributed by atoms with van der Waals surface area (Å²) in [5.74, 6) is 1.46. The van der Waals surface area contributed by atoms with Gasteiger partial charge in [-0.25, -0.2) is 0 Å². The van der Waals surface area contributed by atoms with Crippen LogP contribution < -0.4 is 10.6 Å². The van der Waals surface area contributed by atoms with Crippen molar-refractivity contribution in [2.75, 3.05) is 20.2 Å². The Bertz CT molecular complexity index is 914. The van der Waals surface area contributed by atoms with Gasteiger partial charge in [-0.2, -0.15) is 4.98 Å². The van der Waals surface area contributed by atoms with Gasteiger partial charge in [0, 0.05) is 30.1 Å². The number of aromatic nitrogens is 2. The smallest absolute Gasteiger partial charge is 0.246 e. The molecule has 28 heavy (non-hydrogen) atoms. The summed E-state index contributed by atoms with van der Waals surface area (Å²) < 4.78 is 5.28. The van der Waals surface area contributed by atoms with E-state index in [4.69, 9.17) is 16.1 Å². The first-order valence-corrected chi connectivity index (χ1v) is 9.26. The minimum absolute atomic E-state index is 0.0300. The fourth-order valence-electron chi connectivity index (χ4n) is 2.68. The summed E-state index contributed by atoms with van der Waals surface area (Å²) in [6.45, 7) is 0.904. The molecule has 2 aromatic carbocycles. The number of aliphatic hydroxyl groups is 1. The minimum atomic E-state index is -0.0300. The summed E-state index contributed by atoms with van der Waals surface area (Å²) in [5.41, 5.74) is 1.86. The quantitative estimate of drug-likeness (QED) is 0.417. The molecule has 0 saturated heterocycles. The van der Waals surface area contributed by atoms with Crippen LogP contribution in [0.4, 0.5) is 0 Å². The topological polar surface area (TPSA) is 95.6 Å². The van der Waals surface area contributed by atoms with Crippen LogP contribution in [0.25, 0.3) is 11.4 Å². The molecular weight excluding hydrogens is 378 g/mol. The Hall–Kier alpha value is -2.90. The molecule has 0 bridgehead atoms. The van der Waals surface area contributed by atoms with Gasteiger partial charge in [-0.15, -0.1) is 0 Å². The zero-order valence-corrected chi connectivity index (χ0v) is 16.2. The molecule has 3 aromatic rings. The molecule has 0 aliphatic carbocycles. The van der Waals surface area contributed by atoms with Crippen molar-refractivity contribution in [3.05, 3.63) is 71.1 Å². The highest BCUT2D eigenvalue weighted by Crippen LogP contribution is 2.19. The van der Waals surface area contributed by atoms with E-state index in [9.17, 15) is 5.11 Å². The molecule has 1 aromatic heterocycles. The molecular formula is C20H22ClN5O2. The zero-order chi connectivity index (χ0) is 19.8. The number of halogens is 1. The average molecular weight is 400 g/mol. The van der Waals surface area contributed by atoms with Crippen molar-refractivity contribution >= 4 is 17.6 Å². The number of aliphatic hydroxyl groups excluding tert-OH is 1. The van der Waals surface area contributed by atoms with Crippen molar-refractivity contribution in [3.8, 4) is 11.4 Å². The molecule has 0 fully saturated rings. The van der Waals surface area contributed by atoms with Gasteiger partial charge >= 0.3 is 0 Å². The second-order valence-electron chi connectivity index (χ2n) is 6.12. The summed E-state index contributed by atoms with van der Waals surface area (Å²) in [6.07, 6.45) is 0. The SMILES string of the molecule is CN=C(NCc1nc(-c2cccc(Cl)c2)no1)NCC(CO)c1ccccc1. The lowest BCUT2D eigenvalue weighted by Gasteiger charge is -2.17. The lowest BCUT2D eigenvalue weighted by atomic mass is 10.0. The molecule has 3 rings (SSSR count). The molecule has 0 radical (unpaired) electrons. The predicted molar refractivity (Wildman–Crippen MR) is 109 cm³/mol. The molecule has 0 saturated carbocycles. The van der Waals surface area contributed by atoms with Crippen LogP contribution in [0.15, 0.2) is 64.1 Å². The van der Waals surface area contributed by atoms with Crippen LogP contribution in [-0.2, 0) is 6.54 Å². The van der Waals surface area contributed by atoms with Crippen LogP contribution in [0, 0.1) is 0 Å². The van der Waals surface area contributed by atoms with E-state index < -0.39 is 0 Å². The fourth-order valence-corrected chi connectivity index (χ4v) is 2.87. The van der Waals surface area contributed by atoms with Crippen molar-refractivity contribution < 1.29 is 9.63 Å². The highest BCUT2D eigenvalue weighted by Gasteiger charge is 2.12. The van der Waals surface area contributed by atoms with E-state index in [1.807, 2.05) is 42.5 Å². The van der Waals surface area contributed by atoms with Crippen LogP contribution in [0.1, 0.15) is 17.4 Å². The van der Waals surface area contributed by atoms with Crippen molar-refractivity contribution in [1.29, 1.82) is 0 Å². The number of rotatable bonds is 7. The third-order valence-electron chi connectivity index (χ3n) is 4.19. The Morgan fingerprint density at radius 1 is 1.18 bits per heavy atom. The predicted octanol–water partition coefficient (Wildman–Crippen LogP) is 2.83. The van der Waals surface area contributed by atoms with E-state index in [1.165, 1.54) is 0 Å². The monoisotopic (exact) mass is 399 g/mol. The van der Waals surface area contributed by atoms with Crippen LogP contribution in [0.5, 0.6) is 0 Å². The Morgan fingerprint density at radius 3 is 2.71 bits per heavy atom. The van der Waals surface area contributed by atoms with Gasteiger partial charge in [-0.1, -0.05) is 59.2 Å². The van der Waals surface area contributed by atoms with E-state index in [-0.39, 0.29) is 12.5 Å². The molecule has 0 amide bonds. The third-order valence-corrected chi connectivity index (χ3v) is 4.42. The largest absolute Gasteiger partial charge is 0.396 e. The van der Waals surface area contributed by atoms with Crippen molar-refractivity contribution in [1.82, 2.24) is 20.8 Å². The van der Waals surface area contributed by atoms with Crippen molar-refractivity contribution in [2.45, 2.75) is 12.5 Å². The summed E-state index contributed by atoms with van der Waals surface area (Å²) in [5, 5.41) is 20.6. The van der Waals surface area contributed by atoms with Crippen LogP contribution in [0.3, 0.4) is 0 Å². The van der Waals surface area contributed by atoms with Gasteiger partial charge in [0.1, 0.15) is 0 Å². The van der Waals surface area contributed by atoms with Gasteiger partial charge in [0.25, 0.3) is 0 Å². The van der Waals surface area contributed by atoms with Crippen LogP contribution >= 0.6 is 11.6 Å². The van der Waals surface area contributed by atoms with E-state index in [1.54, 1.807) is 19.2 Å². The summed E-state index contributed by atoms with van der Waals surface area (Å²) in [7, 11) is 1.68. The molecule has 0 aliphatic rings. The molecule has 7 nitrogen and oxygen atoms in total. The highest BCUT2D eigenvalue weighted by atomic mass is 35.5. The third kappa shape index (κ3) is 5.31. The van der Waals surface area contributed by atoms with Gasteiger partial charge in [0.15, 0.2) is 5.96 Å². The number of aliphatic imine (C=N–C) groups is 1. The van der Waals surface area contributed by atoms with E-state index in [2.05, 4.69) is 25.8 Å². The number of benzene rings is 2. The lowest BCUT2D eigenvalue weighted by Crippen LogP contribution is -2.39. The van der Waals surface area contributed by atoms with Gasteiger partial charge in [0.05, 0.1) is 13.2 Å². The number of nitrogens with zero attached hydrogens (tertiary/aromatic N) is 3. The van der Waals surface area contributed by atoms with Crippen LogP contribution in [-0.4, -0.2) is 41.4 Å². The minimum Gasteiger partial charge on any atom is -0.396 e. The molecule has 3 N–H and O–H groups in total. The number of nitrogens with one attached hydrogen (secondary N) is 2. The van der Waals surface area contributed by atoms with Gasteiger partial charge in [-0.3, -0.25) is 4.99 Å². The Balaban J connectivity index is 1.54. The second-order valence-corrected chi connectivity index (χ2v) is 6.56. The maximum absolute atomic E-state index is 9.66. The van der Waals surface area contributed by atoms with E-state index in [0.29, 0.717) is 35.8 Å². The zero-order valence-electron chi connectivity index (χ0n) is 15.5. The maximum Gasteiger partial charge on any atom is 0.246 e. The molecule has 146 valence electrons. The Morgan fingerprint density at radius 2 is 2.00 bits per heavy atom. The standard InChI is InChI=1S/C20H22ClN5O2/c1-22-20(23-11-16(13-27)14-6-3-2-4-7-14)24-12-18-25-19(26-28-18)15-8-5-9-17(21)10-15/h2-10,16,27H,11-13H2,1H3,(H2,22,23,24). The van der Waals surface area contributed by atoms with Gasteiger partial charge < -0.3 is 20.3 Å². The number of hydrogen-bond donors (Lipinski definition) is 3. The average Bonchev–Trinajstić information content (AvgIpc) is 3.20.